The van der Waals surface area contributed by atoms with Crippen LogP contribution in [0.4, 0.5) is 0 Å². The van der Waals surface area contributed by atoms with Gasteiger partial charge in [0.2, 0.25) is 0 Å². The normalized spacial score (nSPS) is 28.1. The summed E-state index contributed by atoms with van der Waals surface area (Å²) < 4.78 is 0. The maximum Gasteiger partial charge on any atom is 0.0240 e. The first-order valence-corrected chi connectivity index (χ1v) is 6.81. The summed E-state index contributed by atoms with van der Waals surface area (Å²) >= 11 is 0. The van der Waals surface area contributed by atoms with Crippen LogP contribution in [0.5, 0.6) is 0 Å². The van der Waals surface area contributed by atoms with Crippen LogP contribution in [0.15, 0.2) is 0 Å². The number of hydrogen-bond donors (Lipinski definition) is 1. The van der Waals surface area contributed by atoms with Crippen molar-refractivity contribution in [1.29, 1.82) is 0 Å². The average Bonchev–Trinajstić information content (AvgIpc) is 2.21. The van der Waals surface area contributed by atoms with E-state index in [0.29, 0.717) is 11.5 Å². The molecule has 1 unspecified atom stereocenters. The SMILES string of the molecule is CN1CC(CCN)N(C(C)(C)C)CC(C)(C)C1. The maximum atomic E-state index is 5.78. The molecule has 1 aliphatic rings. The largest absolute Gasteiger partial charge is 0.330 e. The molecule has 0 saturated carbocycles. The van der Waals surface area contributed by atoms with Gasteiger partial charge in [-0.3, -0.25) is 4.90 Å². The van der Waals surface area contributed by atoms with Gasteiger partial charge in [0.05, 0.1) is 0 Å². The van der Waals surface area contributed by atoms with Gasteiger partial charge in [-0.2, -0.15) is 0 Å². The molecule has 0 aliphatic carbocycles. The molecular formula is C14H31N3. The van der Waals surface area contributed by atoms with Gasteiger partial charge in [0.1, 0.15) is 0 Å². The lowest BCUT2D eigenvalue weighted by molar-refractivity contribution is 0.0561. The first kappa shape index (κ1) is 14.9. The van der Waals surface area contributed by atoms with E-state index in [0.717, 1.165) is 26.1 Å². The number of rotatable bonds is 2. The van der Waals surface area contributed by atoms with Crippen molar-refractivity contribution in [3.8, 4) is 0 Å². The summed E-state index contributed by atoms with van der Waals surface area (Å²) in [6.07, 6.45) is 1.09. The Morgan fingerprint density at radius 2 is 1.82 bits per heavy atom. The first-order chi connectivity index (χ1) is 7.65. The van der Waals surface area contributed by atoms with E-state index in [1.165, 1.54) is 6.54 Å². The summed E-state index contributed by atoms with van der Waals surface area (Å²) in [6.45, 7) is 15.9. The van der Waals surface area contributed by atoms with Crippen LogP contribution >= 0.6 is 0 Å². The van der Waals surface area contributed by atoms with Crippen molar-refractivity contribution in [3.63, 3.8) is 0 Å². The Labute approximate surface area is 107 Å². The number of nitrogens with two attached hydrogens (primary N) is 1. The molecule has 3 nitrogen and oxygen atoms in total. The lowest BCUT2D eigenvalue weighted by Gasteiger charge is -2.43. The first-order valence-electron chi connectivity index (χ1n) is 6.81. The van der Waals surface area contributed by atoms with Crippen LogP contribution in [0.1, 0.15) is 41.0 Å². The second kappa shape index (κ2) is 5.25. The summed E-state index contributed by atoms with van der Waals surface area (Å²) in [4.78, 5) is 5.12. The molecule has 1 atom stereocenters. The summed E-state index contributed by atoms with van der Waals surface area (Å²) in [6, 6.07) is 0.590. The number of nitrogens with zero attached hydrogens (tertiary/aromatic N) is 2. The molecule has 0 spiro atoms. The molecule has 0 radical (unpaired) electrons. The molecule has 1 heterocycles. The zero-order valence-corrected chi connectivity index (χ0v) is 12.6. The predicted octanol–water partition coefficient (Wildman–Crippen LogP) is 1.78. The fourth-order valence-electron chi connectivity index (χ4n) is 3.12. The van der Waals surface area contributed by atoms with Gasteiger partial charge in [0.25, 0.3) is 0 Å². The Hall–Kier alpha value is -0.120. The number of likely N-dealkylation sites (N-methyl/N-ethyl adjacent to an activating group) is 1. The molecule has 102 valence electrons. The minimum absolute atomic E-state index is 0.224. The Balaban J connectivity index is 2.93. The van der Waals surface area contributed by atoms with Crippen molar-refractivity contribution in [2.75, 3.05) is 33.2 Å². The zero-order valence-electron chi connectivity index (χ0n) is 12.6. The van der Waals surface area contributed by atoms with Crippen LogP contribution in [0.25, 0.3) is 0 Å². The Morgan fingerprint density at radius 3 is 2.29 bits per heavy atom. The lowest BCUT2D eigenvalue weighted by atomic mass is 9.90. The molecule has 0 amide bonds. The second-order valence-corrected chi connectivity index (χ2v) is 7.39. The molecule has 2 N–H and O–H groups in total. The molecule has 1 rings (SSSR count). The third-order valence-electron chi connectivity index (χ3n) is 3.62. The van der Waals surface area contributed by atoms with E-state index < -0.39 is 0 Å². The minimum Gasteiger partial charge on any atom is -0.330 e. The Morgan fingerprint density at radius 1 is 1.24 bits per heavy atom. The molecule has 0 bridgehead atoms. The van der Waals surface area contributed by atoms with E-state index in [4.69, 9.17) is 5.73 Å². The van der Waals surface area contributed by atoms with Crippen LogP contribution in [-0.2, 0) is 0 Å². The zero-order chi connectivity index (χ0) is 13.3. The fraction of sp³-hybridized carbons (Fsp3) is 1.00. The van der Waals surface area contributed by atoms with Crippen molar-refractivity contribution in [3.05, 3.63) is 0 Å². The highest BCUT2D eigenvalue weighted by molar-refractivity contribution is 4.92. The van der Waals surface area contributed by atoms with Crippen LogP contribution < -0.4 is 5.73 Å². The molecule has 0 aromatic carbocycles. The van der Waals surface area contributed by atoms with Gasteiger partial charge in [-0.25, -0.2) is 0 Å². The second-order valence-electron chi connectivity index (χ2n) is 7.39. The minimum atomic E-state index is 0.224. The van der Waals surface area contributed by atoms with Gasteiger partial charge in [-0.1, -0.05) is 13.8 Å². The summed E-state index contributed by atoms with van der Waals surface area (Å²) in [5, 5.41) is 0. The van der Waals surface area contributed by atoms with E-state index in [-0.39, 0.29) is 5.54 Å². The summed E-state index contributed by atoms with van der Waals surface area (Å²) in [5.74, 6) is 0. The highest BCUT2D eigenvalue weighted by Gasteiger charge is 2.37. The molecule has 1 saturated heterocycles. The van der Waals surface area contributed by atoms with Crippen LogP contribution in [0.3, 0.4) is 0 Å². The van der Waals surface area contributed by atoms with Crippen LogP contribution in [0.2, 0.25) is 0 Å². The van der Waals surface area contributed by atoms with Gasteiger partial charge < -0.3 is 10.6 Å². The van der Waals surface area contributed by atoms with Gasteiger partial charge in [0, 0.05) is 31.2 Å². The Kier molecular flexibility index (Phi) is 4.61. The quantitative estimate of drug-likeness (QED) is 0.800. The molecule has 1 aliphatic heterocycles. The molecular weight excluding hydrogens is 210 g/mol. The standard InChI is InChI=1S/C14H31N3/c1-13(2,3)17-11-14(4,5)10-16(6)9-12(17)7-8-15/h12H,7-11,15H2,1-6H3. The molecule has 17 heavy (non-hydrogen) atoms. The van der Waals surface area contributed by atoms with Gasteiger partial charge >= 0.3 is 0 Å². The monoisotopic (exact) mass is 241 g/mol. The molecule has 0 aromatic rings. The summed E-state index contributed by atoms with van der Waals surface area (Å²) in [7, 11) is 2.23. The van der Waals surface area contributed by atoms with E-state index in [1.807, 2.05) is 0 Å². The third kappa shape index (κ3) is 4.23. The predicted molar refractivity (Wildman–Crippen MR) is 75.2 cm³/mol. The Bertz CT molecular complexity index is 242. The van der Waals surface area contributed by atoms with E-state index in [1.54, 1.807) is 0 Å². The van der Waals surface area contributed by atoms with Crippen LogP contribution in [0, 0.1) is 5.41 Å². The highest BCUT2D eigenvalue weighted by atomic mass is 15.3. The molecule has 3 heteroatoms. The van der Waals surface area contributed by atoms with Crippen molar-refractivity contribution in [1.82, 2.24) is 9.80 Å². The van der Waals surface area contributed by atoms with Crippen molar-refractivity contribution >= 4 is 0 Å². The molecule has 0 aromatic heterocycles. The topological polar surface area (TPSA) is 32.5 Å². The molecule has 1 fully saturated rings. The van der Waals surface area contributed by atoms with Gasteiger partial charge in [-0.05, 0) is 46.2 Å². The van der Waals surface area contributed by atoms with Crippen molar-refractivity contribution in [2.24, 2.45) is 11.1 Å². The van der Waals surface area contributed by atoms with Crippen LogP contribution in [-0.4, -0.2) is 54.6 Å². The van der Waals surface area contributed by atoms with Crippen molar-refractivity contribution < 1.29 is 0 Å². The smallest absolute Gasteiger partial charge is 0.0240 e. The maximum absolute atomic E-state index is 5.78. The average molecular weight is 241 g/mol. The van der Waals surface area contributed by atoms with Crippen molar-refractivity contribution in [2.45, 2.75) is 52.6 Å². The third-order valence-corrected chi connectivity index (χ3v) is 3.62. The summed E-state index contributed by atoms with van der Waals surface area (Å²) in [5.41, 5.74) is 6.36. The van der Waals surface area contributed by atoms with E-state index >= 15 is 0 Å². The highest BCUT2D eigenvalue weighted by Crippen LogP contribution is 2.30. The van der Waals surface area contributed by atoms with E-state index in [2.05, 4.69) is 51.5 Å². The van der Waals surface area contributed by atoms with Gasteiger partial charge in [-0.15, -0.1) is 0 Å². The van der Waals surface area contributed by atoms with E-state index in [9.17, 15) is 0 Å². The number of hydrogen-bond acceptors (Lipinski definition) is 3. The fourth-order valence-corrected chi connectivity index (χ4v) is 3.12. The van der Waals surface area contributed by atoms with Gasteiger partial charge in [0.15, 0.2) is 0 Å². The lowest BCUT2D eigenvalue weighted by Crippen LogP contribution is -2.52.